The smallest absolute Gasteiger partial charge is 0.249 e. The first-order valence-corrected chi connectivity index (χ1v) is 6.44. The van der Waals surface area contributed by atoms with E-state index in [1.165, 1.54) is 11.3 Å². The van der Waals surface area contributed by atoms with Crippen molar-refractivity contribution in [3.63, 3.8) is 0 Å². The standard InChI is InChI=1S/C14H12N2O2S/c1-3-11(17)16-14-15-9(2)13(19-14)12(18)10-7-5-4-6-8-10/h3-8H,1H2,2H3,(H,15,16,17). The largest absolute Gasteiger partial charge is 0.298 e. The van der Waals surface area contributed by atoms with E-state index < -0.39 is 0 Å². The summed E-state index contributed by atoms with van der Waals surface area (Å²) in [6, 6.07) is 8.98. The van der Waals surface area contributed by atoms with Gasteiger partial charge in [0.25, 0.3) is 0 Å². The maximum atomic E-state index is 12.3. The number of nitrogens with zero attached hydrogens (tertiary/aromatic N) is 1. The molecule has 4 nitrogen and oxygen atoms in total. The summed E-state index contributed by atoms with van der Waals surface area (Å²) in [4.78, 5) is 28.2. The fourth-order valence-corrected chi connectivity index (χ4v) is 2.47. The topological polar surface area (TPSA) is 59.1 Å². The first kappa shape index (κ1) is 13.2. The minimum Gasteiger partial charge on any atom is -0.298 e. The highest BCUT2D eigenvalue weighted by molar-refractivity contribution is 7.18. The van der Waals surface area contributed by atoms with E-state index in [0.29, 0.717) is 21.3 Å². The Balaban J connectivity index is 2.28. The second-order valence-electron chi connectivity index (χ2n) is 3.82. The minimum absolute atomic E-state index is 0.0882. The van der Waals surface area contributed by atoms with Crippen LogP contribution in [0.15, 0.2) is 43.0 Å². The molecule has 0 bridgehead atoms. The lowest BCUT2D eigenvalue weighted by molar-refractivity contribution is -0.111. The number of amides is 1. The number of carbonyl (C=O) groups is 2. The predicted molar refractivity (Wildman–Crippen MR) is 75.6 cm³/mol. The Bertz CT molecular complexity index is 632. The van der Waals surface area contributed by atoms with Crippen molar-refractivity contribution in [1.29, 1.82) is 0 Å². The quantitative estimate of drug-likeness (QED) is 0.687. The second kappa shape index (κ2) is 5.58. The molecule has 2 aromatic rings. The molecule has 1 heterocycles. The molecule has 0 aliphatic heterocycles. The van der Waals surface area contributed by atoms with Crippen molar-refractivity contribution in [2.24, 2.45) is 0 Å². The Morgan fingerprint density at radius 1 is 1.32 bits per heavy atom. The minimum atomic E-state index is -0.340. The van der Waals surface area contributed by atoms with Crippen molar-refractivity contribution in [1.82, 2.24) is 4.98 Å². The molecule has 1 aromatic heterocycles. The van der Waals surface area contributed by atoms with E-state index >= 15 is 0 Å². The van der Waals surface area contributed by atoms with Gasteiger partial charge < -0.3 is 0 Å². The number of hydrogen-bond acceptors (Lipinski definition) is 4. The van der Waals surface area contributed by atoms with Crippen LogP contribution in [0.1, 0.15) is 20.9 Å². The molecule has 0 radical (unpaired) electrons. The fourth-order valence-electron chi connectivity index (χ4n) is 1.54. The van der Waals surface area contributed by atoms with E-state index in [1.54, 1.807) is 19.1 Å². The van der Waals surface area contributed by atoms with E-state index in [1.807, 2.05) is 18.2 Å². The summed E-state index contributed by atoms with van der Waals surface area (Å²) in [6.45, 7) is 5.11. The molecule has 0 saturated carbocycles. The maximum Gasteiger partial charge on any atom is 0.249 e. The van der Waals surface area contributed by atoms with Crippen LogP contribution in [0.2, 0.25) is 0 Å². The van der Waals surface area contributed by atoms with Crippen LogP contribution >= 0.6 is 11.3 Å². The van der Waals surface area contributed by atoms with Crippen LogP contribution in [0.25, 0.3) is 0 Å². The Kier molecular flexibility index (Phi) is 3.87. The molecular weight excluding hydrogens is 260 g/mol. The molecule has 1 aromatic carbocycles. The van der Waals surface area contributed by atoms with Gasteiger partial charge in [-0.05, 0) is 13.0 Å². The van der Waals surface area contributed by atoms with Crippen molar-refractivity contribution in [3.05, 3.63) is 59.1 Å². The van der Waals surface area contributed by atoms with Gasteiger partial charge in [-0.25, -0.2) is 4.98 Å². The summed E-state index contributed by atoms with van der Waals surface area (Å²) in [5, 5.41) is 2.96. The molecule has 1 amide bonds. The second-order valence-corrected chi connectivity index (χ2v) is 4.82. The number of anilines is 1. The highest BCUT2D eigenvalue weighted by atomic mass is 32.1. The molecule has 0 fully saturated rings. The number of benzene rings is 1. The van der Waals surface area contributed by atoms with Gasteiger partial charge in [0.15, 0.2) is 5.13 Å². The van der Waals surface area contributed by atoms with Crippen molar-refractivity contribution in [2.45, 2.75) is 6.92 Å². The van der Waals surface area contributed by atoms with E-state index in [4.69, 9.17) is 0 Å². The number of aromatic nitrogens is 1. The van der Waals surface area contributed by atoms with Crippen molar-refractivity contribution >= 4 is 28.2 Å². The first-order valence-electron chi connectivity index (χ1n) is 5.62. The molecule has 5 heteroatoms. The first-order chi connectivity index (χ1) is 9.11. The van der Waals surface area contributed by atoms with Gasteiger partial charge in [0.05, 0.1) is 10.6 Å². The predicted octanol–water partition coefficient (Wildman–Crippen LogP) is 2.81. The van der Waals surface area contributed by atoms with E-state index in [0.717, 1.165) is 6.08 Å². The van der Waals surface area contributed by atoms with Gasteiger partial charge in [0.2, 0.25) is 11.7 Å². The highest BCUT2D eigenvalue weighted by Crippen LogP contribution is 2.25. The lowest BCUT2D eigenvalue weighted by Gasteiger charge is -1.97. The average Bonchev–Trinajstić information content (AvgIpc) is 2.79. The van der Waals surface area contributed by atoms with Gasteiger partial charge in [-0.1, -0.05) is 48.2 Å². The normalized spacial score (nSPS) is 9.95. The third kappa shape index (κ3) is 2.95. The summed E-state index contributed by atoms with van der Waals surface area (Å²) in [5.41, 5.74) is 1.22. The zero-order valence-electron chi connectivity index (χ0n) is 10.3. The van der Waals surface area contributed by atoms with E-state index in [-0.39, 0.29) is 11.7 Å². The lowest BCUT2D eigenvalue weighted by Crippen LogP contribution is -2.06. The molecule has 0 aliphatic rings. The molecule has 0 spiro atoms. The van der Waals surface area contributed by atoms with Crippen molar-refractivity contribution in [3.8, 4) is 0 Å². The van der Waals surface area contributed by atoms with E-state index in [9.17, 15) is 9.59 Å². The maximum absolute atomic E-state index is 12.3. The summed E-state index contributed by atoms with van der Waals surface area (Å²) in [6.07, 6.45) is 1.16. The number of ketones is 1. The zero-order valence-corrected chi connectivity index (χ0v) is 11.2. The van der Waals surface area contributed by atoms with Crippen molar-refractivity contribution in [2.75, 3.05) is 5.32 Å². The molecule has 19 heavy (non-hydrogen) atoms. The molecule has 0 unspecified atom stereocenters. The number of nitrogens with one attached hydrogen (secondary N) is 1. The monoisotopic (exact) mass is 272 g/mol. The molecule has 0 aliphatic carbocycles. The zero-order chi connectivity index (χ0) is 13.8. The van der Waals surface area contributed by atoms with Crippen LogP contribution in [0, 0.1) is 6.92 Å². The average molecular weight is 272 g/mol. The number of hydrogen-bond donors (Lipinski definition) is 1. The lowest BCUT2D eigenvalue weighted by atomic mass is 10.1. The van der Waals surface area contributed by atoms with Crippen LogP contribution < -0.4 is 5.32 Å². The SMILES string of the molecule is C=CC(=O)Nc1nc(C)c(C(=O)c2ccccc2)s1. The molecular formula is C14H12N2O2S. The molecule has 0 atom stereocenters. The Morgan fingerprint density at radius 2 is 2.00 bits per heavy atom. The van der Waals surface area contributed by atoms with Crippen LogP contribution in [0.4, 0.5) is 5.13 Å². The van der Waals surface area contributed by atoms with E-state index in [2.05, 4.69) is 16.9 Å². The van der Waals surface area contributed by atoms with Gasteiger partial charge in [0, 0.05) is 5.56 Å². The third-order valence-electron chi connectivity index (χ3n) is 2.45. The van der Waals surface area contributed by atoms with Gasteiger partial charge in [0.1, 0.15) is 0 Å². The summed E-state index contributed by atoms with van der Waals surface area (Å²) in [5.74, 6) is -0.429. The number of carbonyl (C=O) groups excluding carboxylic acids is 2. The molecule has 1 N–H and O–H groups in total. The Hall–Kier alpha value is -2.27. The number of rotatable bonds is 4. The van der Waals surface area contributed by atoms with Gasteiger partial charge in [-0.15, -0.1) is 0 Å². The van der Waals surface area contributed by atoms with Gasteiger partial charge in [-0.2, -0.15) is 0 Å². The number of thiazole rings is 1. The van der Waals surface area contributed by atoms with Crippen LogP contribution in [-0.4, -0.2) is 16.7 Å². The van der Waals surface area contributed by atoms with Crippen molar-refractivity contribution < 1.29 is 9.59 Å². The Morgan fingerprint density at radius 3 is 2.63 bits per heavy atom. The fraction of sp³-hybridized carbons (Fsp3) is 0.0714. The summed E-state index contributed by atoms with van der Waals surface area (Å²) in [7, 11) is 0. The number of aryl methyl sites for hydroxylation is 1. The molecule has 2 rings (SSSR count). The third-order valence-corrected chi connectivity index (χ3v) is 3.53. The van der Waals surface area contributed by atoms with Gasteiger partial charge in [-0.3, -0.25) is 14.9 Å². The Labute approximate surface area is 114 Å². The van der Waals surface area contributed by atoms with Gasteiger partial charge >= 0.3 is 0 Å². The summed E-state index contributed by atoms with van der Waals surface area (Å²) >= 11 is 1.17. The van der Waals surface area contributed by atoms with Crippen LogP contribution in [0.5, 0.6) is 0 Å². The van der Waals surface area contributed by atoms with Crippen LogP contribution in [0.3, 0.4) is 0 Å². The molecule has 0 saturated heterocycles. The van der Waals surface area contributed by atoms with Crippen LogP contribution in [-0.2, 0) is 4.79 Å². The summed E-state index contributed by atoms with van der Waals surface area (Å²) < 4.78 is 0. The highest BCUT2D eigenvalue weighted by Gasteiger charge is 2.17. The molecule has 96 valence electrons.